The fraction of sp³-hybridized carbons (Fsp3) is 0.741. The highest BCUT2D eigenvalue weighted by molar-refractivity contribution is 6.38. The summed E-state index contributed by atoms with van der Waals surface area (Å²) in [4.78, 5) is 66.6. The molecule has 1 heterocycles. The van der Waals surface area contributed by atoms with E-state index in [4.69, 9.17) is 0 Å². The number of ketones is 1. The van der Waals surface area contributed by atoms with Gasteiger partial charge in [-0.1, -0.05) is 54.0 Å². The average Bonchev–Trinajstić information content (AvgIpc) is 3.75. The summed E-state index contributed by atoms with van der Waals surface area (Å²) < 4.78 is 0. The molecule has 9 heteroatoms. The van der Waals surface area contributed by atoms with Gasteiger partial charge in [0.2, 0.25) is 23.5 Å². The van der Waals surface area contributed by atoms with Crippen LogP contribution >= 0.6 is 0 Å². The van der Waals surface area contributed by atoms with Crippen molar-refractivity contribution in [3.05, 3.63) is 12.7 Å². The van der Waals surface area contributed by atoms with Crippen LogP contribution in [0.4, 0.5) is 0 Å². The van der Waals surface area contributed by atoms with Crippen LogP contribution in [-0.2, 0) is 24.0 Å². The molecular weight excluding hydrogens is 460 g/mol. The summed E-state index contributed by atoms with van der Waals surface area (Å²) in [6.45, 7) is 13.6. The molecule has 3 N–H and O–H groups in total. The van der Waals surface area contributed by atoms with E-state index in [1.54, 1.807) is 4.90 Å². The second-order valence-corrected chi connectivity index (χ2v) is 12.8. The molecule has 4 rings (SSSR count). The second kappa shape index (κ2) is 9.30. The van der Waals surface area contributed by atoms with Gasteiger partial charge < -0.3 is 20.9 Å². The van der Waals surface area contributed by atoms with Gasteiger partial charge in [-0.15, -0.1) is 0 Å². The zero-order valence-electron chi connectivity index (χ0n) is 22.1. The normalized spacial score (nSPS) is 27.8. The molecule has 3 aliphatic carbocycles. The monoisotopic (exact) mass is 500 g/mol. The third-order valence-corrected chi connectivity index (χ3v) is 8.38. The summed E-state index contributed by atoms with van der Waals surface area (Å²) in [5, 5.41) is 8.34. The molecule has 36 heavy (non-hydrogen) atoms. The summed E-state index contributed by atoms with van der Waals surface area (Å²) in [5.41, 5.74) is -0.704. The second-order valence-electron chi connectivity index (χ2n) is 12.8. The Morgan fingerprint density at radius 2 is 1.69 bits per heavy atom. The van der Waals surface area contributed by atoms with Gasteiger partial charge in [-0.2, -0.15) is 0 Å². The molecule has 1 saturated heterocycles. The van der Waals surface area contributed by atoms with E-state index in [0.717, 1.165) is 31.8 Å². The van der Waals surface area contributed by atoms with Crippen molar-refractivity contribution in [1.29, 1.82) is 0 Å². The first-order valence-corrected chi connectivity index (χ1v) is 13.1. The molecule has 2 unspecified atom stereocenters. The Morgan fingerprint density at radius 3 is 2.22 bits per heavy atom. The van der Waals surface area contributed by atoms with Gasteiger partial charge in [-0.05, 0) is 53.9 Å². The third-order valence-electron chi connectivity index (χ3n) is 8.38. The molecule has 0 aromatic rings. The number of Topliss-reactive ketones (excluding diaryl/α,β-unsaturated/α-hetero) is 1. The molecule has 0 aromatic heterocycles. The van der Waals surface area contributed by atoms with Gasteiger partial charge in [0.05, 0.1) is 6.04 Å². The Bertz CT molecular complexity index is 975. The Balaban J connectivity index is 1.54. The summed E-state index contributed by atoms with van der Waals surface area (Å²) >= 11 is 0. The highest BCUT2D eigenvalue weighted by Crippen LogP contribution is 2.65. The average molecular weight is 501 g/mol. The number of carbonyl (C=O) groups excluding carboxylic acids is 5. The van der Waals surface area contributed by atoms with E-state index < -0.39 is 47.0 Å². The van der Waals surface area contributed by atoms with Crippen LogP contribution in [0, 0.1) is 28.6 Å². The molecule has 5 atom stereocenters. The topological polar surface area (TPSA) is 125 Å². The lowest BCUT2D eigenvalue weighted by Crippen LogP contribution is -2.60. The molecule has 4 amide bonds. The van der Waals surface area contributed by atoms with E-state index in [1.807, 2.05) is 20.8 Å². The van der Waals surface area contributed by atoms with E-state index in [1.165, 1.54) is 0 Å². The van der Waals surface area contributed by atoms with E-state index in [-0.39, 0.29) is 29.2 Å². The van der Waals surface area contributed by atoms with Crippen LogP contribution in [0.5, 0.6) is 0 Å². The lowest BCUT2D eigenvalue weighted by molar-refractivity contribution is -0.146. The number of likely N-dealkylation sites (tertiary alicyclic amines) is 1. The van der Waals surface area contributed by atoms with Gasteiger partial charge in [0.15, 0.2) is 0 Å². The van der Waals surface area contributed by atoms with Crippen molar-refractivity contribution in [2.45, 2.75) is 90.9 Å². The van der Waals surface area contributed by atoms with Gasteiger partial charge in [0, 0.05) is 12.6 Å². The van der Waals surface area contributed by atoms with E-state index in [2.05, 4.69) is 36.4 Å². The zero-order chi connectivity index (χ0) is 26.6. The van der Waals surface area contributed by atoms with Crippen molar-refractivity contribution in [1.82, 2.24) is 20.9 Å². The lowest BCUT2D eigenvalue weighted by atomic mass is 9.85. The highest BCUT2D eigenvalue weighted by atomic mass is 16.2. The number of rotatable bonds is 10. The standard InChI is InChI=1S/C27H40N4O5/c1-7-18(32)30-22(26(2,3)4)25(36)31-13-16-19(27(16,5)6)20(31)23(34)29-17(12-14-8-9-14)21(33)24(35)28-15-10-11-15/h7,14-17,19-20,22H,1,8-13H2,2-6H3,(H,28,35)(H,29,34)(H,30,32)/t16-,17?,19-,20-,22?/m0/s1. The number of piperidine rings is 1. The van der Waals surface area contributed by atoms with Gasteiger partial charge in [-0.3, -0.25) is 24.0 Å². The molecule has 0 aromatic carbocycles. The van der Waals surface area contributed by atoms with Crippen molar-refractivity contribution >= 4 is 29.4 Å². The predicted octanol–water partition coefficient (Wildman–Crippen LogP) is 1.32. The van der Waals surface area contributed by atoms with Crippen LogP contribution in [0.25, 0.3) is 0 Å². The zero-order valence-corrected chi connectivity index (χ0v) is 22.1. The molecular formula is C27H40N4O5. The Hall–Kier alpha value is -2.71. The first-order chi connectivity index (χ1) is 16.8. The maximum atomic E-state index is 13.7. The number of amides is 4. The first kappa shape index (κ1) is 26.4. The Kier molecular flexibility index (Phi) is 6.81. The maximum Gasteiger partial charge on any atom is 0.289 e. The lowest BCUT2D eigenvalue weighted by Gasteiger charge is -2.37. The van der Waals surface area contributed by atoms with Crippen molar-refractivity contribution < 1.29 is 24.0 Å². The van der Waals surface area contributed by atoms with Crippen molar-refractivity contribution in [2.75, 3.05) is 6.54 Å². The van der Waals surface area contributed by atoms with Crippen molar-refractivity contribution in [3.63, 3.8) is 0 Å². The molecule has 1 aliphatic heterocycles. The molecule has 4 aliphatic rings. The van der Waals surface area contributed by atoms with Gasteiger partial charge in [0.1, 0.15) is 12.1 Å². The van der Waals surface area contributed by atoms with Crippen LogP contribution in [-0.4, -0.2) is 65.0 Å². The molecule has 4 fully saturated rings. The molecule has 3 saturated carbocycles. The van der Waals surface area contributed by atoms with Crippen LogP contribution in [0.15, 0.2) is 12.7 Å². The predicted molar refractivity (Wildman–Crippen MR) is 133 cm³/mol. The molecule has 9 nitrogen and oxygen atoms in total. The van der Waals surface area contributed by atoms with E-state index in [9.17, 15) is 24.0 Å². The fourth-order valence-electron chi connectivity index (χ4n) is 5.65. The van der Waals surface area contributed by atoms with Crippen LogP contribution in [0.2, 0.25) is 0 Å². The molecule has 0 bridgehead atoms. The van der Waals surface area contributed by atoms with Crippen molar-refractivity contribution in [3.8, 4) is 0 Å². The fourth-order valence-corrected chi connectivity index (χ4v) is 5.65. The smallest absolute Gasteiger partial charge is 0.289 e. The first-order valence-electron chi connectivity index (χ1n) is 13.1. The van der Waals surface area contributed by atoms with Crippen molar-refractivity contribution in [2.24, 2.45) is 28.6 Å². The number of fused-ring (bicyclic) bond motifs is 1. The molecule has 0 spiro atoms. The SMILES string of the molecule is C=CC(=O)NC(C(=O)N1C[C@H]2[C@@H]([C@H]1C(=O)NC(CC1CC1)C(=O)C(=O)NC1CC1)C2(C)C)C(C)(C)C. The summed E-state index contributed by atoms with van der Waals surface area (Å²) in [6.07, 6.45) is 5.25. The largest absolute Gasteiger partial charge is 0.347 e. The molecule has 0 radical (unpaired) electrons. The minimum Gasteiger partial charge on any atom is -0.347 e. The van der Waals surface area contributed by atoms with E-state index in [0.29, 0.717) is 18.9 Å². The third kappa shape index (κ3) is 5.34. The van der Waals surface area contributed by atoms with Gasteiger partial charge in [0.25, 0.3) is 5.91 Å². The number of carbonyl (C=O) groups is 5. The van der Waals surface area contributed by atoms with E-state index >= 15 is 0 Å². The number of nitrogens with zero attached hydrogens (tertiary/aromatic N) is 1. The van der Waals surface area contributed by atoms with Crippen LogP contribution in [0.1, 0.15) is 66.7 Å². The van der Waals surface area contributed by atoms with Gasteiger partial charge >= 0.3 is 0 Å². The molecule has 198 valence electrons. The Morgan fingerprint density at radius 1 is 1.06 bits per heavy atom. The highest BCUT2D eigenvalue weighted by Gasteiger charge is 2.70. The number of nitrogens with one attached hydrogen (secondary N) is 3. The van der Waals surface area contributed by atoms with Gasteiger partial charge in [-0.25, -0.2) is 0 Å². The quantitative estimate of drug-likeness (QED) is 0.308. The summed E-state index contributed by atoms with van der Waals surface area (Å²) in [6, 6.07) is -2.45. The summed E-state index contributed by atoms with van der Waals surface area (Å²) in [7, 11) is 0. The summed E-state index contributed by atoms with van der Waals surface area (Å²) in [5.74, 6) is -2.01. The maximum absolute atomic E-state index is 13.7. The van der Waals surface area contributed by atoms with Crippen LogP contribution < -0.4 is 16.0 Å². The number of hydrogen-bond acceptors (Lipinski definition) is 5. The number of hydrogen-bond donors (Lipinski definition) is 3. The van der Waals surface area contributed by atoms with Crippen LogP contribution in [0.3, 0.4) is 0 Å². The Labute approximate surface area is 213 Å². The minimum atomic E-state index is -0.902. The minimum absolute atomic E-state index is 0.0471.